The van der Waals surface area contributed by atoms with Crippen LogP contribution in [-0.2, 0) is 4.79 Å². The van der Waals surface area contributed by atoms with E-state index in [1.54, 1.807) is 0 Å². The summed E-state index contributed by atoms with van der Waals surface area (Å²) in [4.78, 5) is 10.3. The molecule has 0 spiro atoms. The van der Waals surface area contributed by atoms with E-state index in [0.717, 1.165) is 0 Å². The Morgan fingerprint density at radius 3 is 2.11 bits per heavy atom. The zero-order chi connectivity index (χ0) is 7.44. The molecule has 0 bridgehead atoms. The van der Waals surface area contributed by atoms with Gasteiger partial charge in [-0.15, -0.1) is 0 Å². The first-order valence-electron chi connectivity index (χ1n) is 3.08. The predicted octanol–water partition coefficient (Wildman–Crippen LogP) is -0.155. The van der Waals surface area contributed by atoms with Gasteiger partial charge in [0.05, 0.1) is 0 Å². The van der Waals surface area contributed by atoms with Crippen molar-refractivity contribution >= 4 is 5.91 Å². The van der Waals surface area contributed by atoms with E-state index < -0.39 is 0 Å². The number of rotatable bonds is 3. The number of hydrogen-bond acceptors (Lipinski definition) is 2. The van der Waals surface area contributed by atoms with Crippen LogP contribution in [0.15, 0.2) is 0 Å². The van der Waals surface area contributed by atoms with E-state index in [0.29, 0.717) is 5.92 Å². The molecule has 0 aliphatic heterocycles. The molecule has 4 N–H and O–H groups in total. The van der Waals surface area contributed by atoms with E-state index in [-0.39, 0.29) is 18.4 Å². The fourth-order valence-corrected chi connectivity index (χ4v) is 0.468. The van der Waals surface area contributed by atoms with Crippen LogP contribution in [0.3, 0.4) is 0 Å². The van der Waals surface area contributed by atoms with Crippen LogP contribution in [-0.4, -0.2) is 11.9 Å². The Balaban J connectivity index is 3.50. The molecule has 1 amide bonds. The largest absolute Gasteiger partial charge is 0.370 e. The fraction of sp³-hybridized carbons (Fsp3) is 0.833. The maximum absolute atomic E-state index is 10.3. The minimum absolute atomic E-state index is 0.0810. The summed E-state index contributed by atoms with van der Waals surface area (Å²) in [6, 6.07) is -0.0810. The van der Waals surface area contributed by atoms with E-state index >= 15 is 0 Å². The highest BCUT2D eigenvalue weighted by molar-refractivity contribution is 5.74. The lowest BCUT2D eigenvalue weighted by Gasteiger charge is -2.12. The highest BCUT2D eigenvalue weighted by Gasteiger charge is 2.09. The summed E-state index contributed by atoms with van der Waals surface area (Å²) in [6.07, 6.45) is 0.289. The van der Waals surface area contributed by atoms with Gasteiger partial charge in [-0.1, -0.05) is 13.8 Å². The van der Waals surface area contributed by atoms with Crippen molar-refractivity contribution in [2.24, 2.45) is 17.4 Å². The minimum atomic E-state index is -0.323. The predicted molar refractivity (Wildman–Crippen MR) is 36.6 cm³/mol. The third kappa shape index (κ3) is 3.97. The summed E-state index contributed by atoms with van der Waals surface area (Å²) in [7, 11) is 0. The normalized spacial score (nSPS) is 13.8. The fourth-order valence-electron chi connectivity index (χ4n) is 0.468. The Morgan fingerprint density at radius 1 is 1.56 bits per heavy atom. The first kappa shape index (κ1) is 8.43. The van der Waals surface area contributed by atoms with Gasteiger partial charge in [0.25, 0.3) is 0 Å². The van der Waals surface area contributed by atoms with Crippen LogP contribution in [0.1, 0.15) is 20.3 Å². The average Bonchev–Trinajstić information content (AvgIpc) is 1.63. The molecule has 0 aromatic heterocycles. The molecule has 3 nitrogen and oxygen atoms in total. The van der Waals surface area contributed by atoms with Gasteiger partial charge >= 0.3 is 0 Å². The molecule has 0 unspecified atom stereocenters. The van der Waals surface area contributed by atoms with Gasteiger partial charge in [0.2, 0.25) is 5.91 Å². The second kappa shape index (κ2) is 3.45. The zero-order valence-electron chi connectivity index (χ0n) is 5.92. The van der Waals surface area contributed by atoms with E-state index in [1.807, 2.05) is 13.8 Å². The first-order chi connectivity index (χ1) is 4.04. The van der Waals surface area contributed by atoms with Crippen molar-refractivity contribution < 1.29 is 4.79 Å². The Kier molecular flexibility index (Phi) is 3.24. The molecule has 3 heteroatoms. The molecule has 1 atom stereocenters. The third-order valence-corrected chi connectivity index (χ3v) is 1.29. The lowest BCUT2D eigenvalue weighted by molar-refractivity contribution is -0.118. The lowest BCUT2D eigenvalue weighted by atomic mass is 10.0. The molecule has 0 rings (SSSR count). The van der Waals surface area contributed by atoms with Gasteiger partial charge < -0.3 is 11.5 Å². The van der Waals surface area contributed by atoms with Crippen LogP contribution < -0.4 is 11.5 Å². The molecule has 0 saturated heterocycles. The number of nitrogens with two attached hydrogens (primary N) is 2. The number of carbonyl (C=O) groups is 1. The molecule has 0 radical (unpaired) electrons. The maximum atomic E-state index is 10.3. The molecule has 0 heterocycles. The lowest BCUT2D eigenvalue weighted by Crippen LogP contribution is -2.31. The average molecular weight is 130 g/mol. The number of amides is 1. The molecule has 0 aliphatic carbocycles. The molecule has 0 aromatic carbocycles. The van der Waals surface area contributed by atoms with Crippen LogP contribution in [0.5, 0.6) is 0 Å². The first-order valence-corrected chi connectivity index (χ1v) is 3.08. The van der Waals surface area contributed by atoms with Crippen molar-refractivity contribution in [3.05, 3.63) is 0 Å². The van der Waals surface area contributed by atoms with Crippen LogP contribution in [0.4, 0.5) is 0 Å². The van der Waals surface area contributed by atoms with Crippen molar-refractivity contribution in [3.63, 3.8) is 0 Å². The quantitative estimate of drug-likeness (QED) is 0.557. The summed E-state index contributed by atoms with van der Waals surface area (Å²) in [5.74, 6) is 0.00806. The van der Waals surface area contributed by atoms with Gasteiger partial charge in [0.15, 0.2) is 0 Å². The molecule has 54 valence electrons. The molecule has 0 aromatic rings. The topological polar surface area (TPSA) is 69.1 Å². The van der Waals surface area contributed by atoms with E-state index in [4.69, 9.17) is 11.5 Å². The van der Waals surface area contributed by atoms with Crippen molar-refractivity contribution in [1.82, 2.24) is 0 Å². The molecule has 0 saturated carbocycles. The highest BCUT2D eigenvalue weighted by atomic mass is 16.1. The summed E-state index contributed by atoms with van der Waals surface area (Å²) >= 11 is 0. The Hall–Kier alpha value is -0.570. The number of primary amides is 1. The molecular weight excluding hydrogens is 116 g/mol. The van der Waals surface area contributed by atoms with Crippen LogP contribution in [0.25, 0.3) is 0 Å². The zero-order valence-corrected chi connectivity index (χ0v) is 5.92. The van der Waals surface area contributed by atoms with Gasteiger partial charge in [-0.3, -0.25) is 4.79 Å². The molecule has 9 heavy (non-hydrogen) atoms. The Bertz CT molecular complexity index is 101. The Labute approximate surface area is 55.4 Å². The highest BCUT2D eigenvalue weighted by Crippen LogP contribution is 2.00. The van der Waals surface area contributed by atoms with Crippen LogP contribution >= 0.6 is 0 Å². The van der Waals surface area contributed by atoms with Crippen molar-refractivity contribution in [2.45, 2.75) is 26.3 Å². The summed E-state index contributed by atoms with van der Waals surface area (Å²) < 4.78 is 0. The van der Waals surface area contributed by atoms with Gasteiger partial charge in [0, 0.05) is 12.5 Å². The van der Waals surface area contributed by atoms with Gasteiger partial charge in [-0.2, -0.15) is 0 Å². The van der Waals surface area contributed by atoms with Crippen LogP contribution in [0, 0.1) is 5.92 Å². The van der Waals surface area contributed by atoms with Crippen molar-refractivity contribution in [3.8, 4) is 0 Å². The van der Waals surface area contributed by atoms with E-state index in [9.17, 15) is 4.79 Å². The van der Waals surface area contributed by atoms with Gasteiger partial charge in [0.1, 0.15) is 0 Å². The summed E-state index contributed by atoms with van der Waals surface area (Å²) in [5.41, 5.74) is 10.4. The van der Waals surface area contributed by atoms with Crippen molar-refractivity contribution in [1.29, 1.82) is 0 Å². The second-order valence-electron chi connectivity index (χ2n) is 2.58. The van der Waals surface area contributed by atoms with Gasteiger partial charge in [-0.05, 0) is 5.92 Å². The number of hydrogen-bond donors (Lipinski definition) is 2. The maximum Gasteiger partial charge on any atom is 0.218 e. The summed E-state index contributed by atoms with van der Waals surface area (Å²) in [6.45, 7) is 3.93. The Morgan fingerprint density at radius 2 is 2.00 bits per heavy atom. The second-order valence-corrected chi connectivity index (χ2v) is 2.58. The molecule has 0 aliphatic rings. The standard InChI is InChI=1S/C6H14N2O/c1-4(2)5(7)3-6(8)9/h4-5H,3,7H2,1-2H3,(H2,8,9)/t5-/m0/s1. The molecule has 0 fully saturated rings. The van der Waals surface area contributed by atoms with E-state index in [2.05, 4.69) is 0 Å². The molecular formula is C6H14N2O. The van der Waals surface area contributed by atoms with Crippen molar-refractivity contribution in [2.75, 3.05) is 0 Å². The summed E-state index contributed by atoms with van der Waals surface area (Å²) in [5, 5.41) is 0. The third-order valence-electron chi connectivity index (χ3n) is 1.29. The van der Waals surface area contributed by atoms with Crippen LogP contribution in [0.2, 0.25) is 0 Å². The smallest absolute Gasteiger partial charge is 0.218 e. The monoisotopic (exact) mass is 130 g/mol. The van der Waals surface area contributed by atoms with E-state index in [1.165, 1.54) is 0 Å². The number of carbonyl (C=O) groups excluding carboxylic acids is 1. The minimum Gasteiger partial charge on any atom is -0.370 e. The SMILES string of the molecule is CC(C)[C@@H](N)CC(N)=O. The van der Waals surface area contributed by atoms with Gasteiger partial charge in [-0.25, -0.2) is 0 Å².